The van der Waals surface area contributed by atoms with Crippen molar-refractivity contribution < 1.29 is 4.79 Å². The molecule has 0 spiro atoms. The number of fused-ring (bicyclic) bond motifs is 1. The van der Waals surface area contributed by atoms with Gasteiger partial charge in [0.05, 0.1) is 17.3 Å². The van der Waals surface area contributed by atoms with Crippen molar-refractivity contribution in [1.29, 1.82) is 0 Å². The molecule has 1 aliphatic heterocycles. The van der Waals surface area contributed by atoms with E-state index in [0.717, 1.165) is 30.9 Å². The molecule has 2 aromatic heterocycles. The summed E-state index contributed by atoms with van der Waals surface area (Å²) in [4.78, 5) is 16.8. The number of hydrogen-bond acceptors (Lipinski definition) is 3. The average Bonchev–Trinajstić information content (AvgIpc) is 3.03. The van der Waals surface area contributed by atoms with E-state index in [2.05, 4.69) is 40.7 Å². The molecule has 0 saturated carbocycles. The molecule has 2 aromatic rings. The molecule has 1 amide bonds. The van der Waals surface area contributed by atoms with E-state index in [9.17, 15) is 4.79 Å². The Hall–Kier alpha value is -2.11. The number of nitrogens with zero attached hydrogens (tertiary/aromatic N) is 4. The van der Waals surface area contributed by atoms with Gasteiger partial charge in [0.2, 0.25) is 0 Å². The molecule has 118 valence electrons. The van der Waals surface area contributed by atoms with Crippen LogP contribution in [0.5, 0.6) is 0 Å². The molecule has 1 aliphatic rings. The number of nitrogens with one attached hydrogen (secondary N) is 1. The van der Waals surface area contributed by atoms with Crippen LogP contribution in [0.2, 0.25) is 0 Å². The van der Waals surface area contributed by atoms with Crippen LogP contribution in [0.3, 0.4) is 0 Å². The van der Waals surface area contributed by atoms with Gasteiger partial charge in [0.15, 0.2) is 0 Å². The SMILES string of the molecule is Cc1c(C(=O)N[C@@H]2CCc3nccn3C2)cnn1C(C)(C)C. The van der Waals surface area contributed by atoms with Crippen molar-refractivity contribution >= 4 is 5.91 Å². The lowest BCUT2D eigenvalue weighted by atomic mass is 10.1. The van der Waals surface area contributed by atoms with E-state index in [4.69, 9.17) is 0 Å². The summed E-state index contributed by atoms with van der Waals surface area (Å²) >= 11 is 0. The molecular formula is C16H23N5O. The van der Waals surface area contributed by atoms with Gasteiger partial charge in [-0.05, 0) is 34.1 Å². The van der Waals surface area contributed by atoms with Crippen molar-refractivity contribution in [2.24, 2.45) is 0 Å². The third kappa shape index (κ3) is 2.65. The maximum Gasteiger partial charge on any atom is 0.255 e. The molecule has 1 N–H and O–H groups in total. The topological polar surface area (TPSA) is 64.7 Å². The Bertz CT molecular complexity index is 692. The molecule has 0 saturated heterocycles. The standard InChI is InChI=1S/C16H23N5O/c1-11-13(9-18-21(11)16(2,3)4)15(22)19-12-5-6-14-17-7-8-20(14)10-12/h7-9,12H,5-6,10H2,1-4H3,(H,19,22)/t12-/m1/s1. The number of rotatable bonds is 2. The predicted octanol–water partition coefficient (Wildman–Crippen LogP) is 1.89. The van der Waals surface area contributed by atoms with Gasteiger partial charge in [-0.1, -0.05) is 0 Å². The highest BCUT2D eigenvalue weighted by Crippen LogP contribution is 2.19. The highest BCUT2D eigenvalue weighted by molar-refractivity contribution is 5.95. The zero-order valence-electron chi connectivity index (χ0n) is 13.6. The summed E-state index contributed by atoms with van der Waals surface area (Å²) < 4.78 is 4.01. The van der Waals surface area contributed by atoms with Gasteiger partial charge >= 0.3 is 0 Å². The smallest absolute Gasteiger partial charge is 0.255 e. The summed E-state index contributed by atoms with van der Waals surface area (Å²) in [7, 11) is 0. The van der Waals surface area contributed by atoms with Crippen LogP contribution in [0.15, 0.2) is 18.6 Å². The van der Waals surface area contributed by atoms with Gasteiger partial charge in [-0.3, -0.25) is 9.48 Å². The Kier molecular flexibility index (Phi) is 3.54. The van der Waals surface area contributed by atoms with Crippen LogP contribution in [0.1, 0.15) is 49.1 Å². The van der Waals surface area contributed by atoms with E-state index in [-0.39, 0.29) is 17.5 Å². The molecule has 0 radical (unpaired) electrons. The fourth-order valence-corrected chi connectivity index (χ4v) is 3.06. The van der Waals surface area contributed by atoms with E-state index in [1.54, 1.807) is 6.20 Å². The Morgan fingerprint density at radius 2 is 2.18 bits per heavy atom. The molecule has 6 heteroatoms. The van der Waals surface area contributed by atoms with Crippen molar-refractivity contribution in [3.05, 3.63) is 35.7 Å². The van der Waals surface area contributed by atoms with Crippen LogP contribution in [0.4, 0.5) is 0 Å². The lowest BCUT2D eigenvalue weighted by Gasteiger charge is -2.25. The van der Waals surface area contributed by atoms with E-state index < -0.39 is 0 Å². The van der Waals surface area contributed by atoms with E-state index in [1.165, 1.54) is 0 Å². The summed E-state index contributed by atoms with van der Waals surface area (Å²) in [5.74, 6) is 1.06. The van der Waals surface area contributed by atoms with E-state index in [1.807, 2.05) is 24.0 Å². The van der Waals surface area contributed by atoms with Crippen LogP contribution in [-0.4, -0.2) is 31.3 Å². The van der Waals surface area contributed by atoms with Gasteiger partial charge in [0.1, 0.15) is 5.82 Å². The maximum absolute atomic E-state index is 12.5. The van der Waals surface area contributed by atoms with Gasteiger partial charge in [-0.2, -0.15) is 5.10 Å². The molecule has 0 aliphatic carbocycles. The van der Waals surface area contributed by atoms with Crippen molar-refractivity contribution in [2.75, 3.05) is 0 Å². The van der Waals surface area contributed by atoms with Gasteiger partial charge < -0.3 is 9.88 Å². The largest absolute Gasteiger partial charge is 0.347 e. The summed E-state index contributed by atoms with van der Waals surface area (Å²) in [6.45, 7) is 8.97. The first-order valence-corrected chi connectivity index (χ1v) is 7.72. The van der Waals surface area contributed by atoms with E-state index >= 15 is 0 Å². The van der Waals surface area contributed by atoms with Crippen molar-refractivity contribution in [3.63, 3.8) is 0 Å². The Balaban J connectivity index is 1.72. The number of carbonyl (C=O) groups excluding carboxylic acids is 1. The number of aromatic nitrogens is 4. The number of carbonyl (C=O) groups is 1. The zero-order valence-corrected chi connectivity index (χ0v) is 13.6. The predicted molar refractivity (Wildman–Crippen MR) is 83.8 cm³/mol. The van der Waals surface area contributed by atoms with Gasteiger partial charge in [-0.25, -0.2) is 4.98 Å². The lowest BCUT2D eigenvalue weighted by molar-refractivity contribution is 0.0926. The first-order valence-electron chi connectivity index (χ1n) is 7.72. The Labute approximate surface area is 130 Å². The second kappa shape index (κ2) is 5.26. The summed E-state index contributed by atoms with van der Waals surface area (Å²) in [6.07, 6.45) is 7.28. The highest BCUT2D eigenvalue weighted by Gasteiger charge is 2.25. The maximum atomic E-state index is 12.5. The quantitative estimate of drug-likeness (QED) is 0.921. The van der Waals surface area contributed by atoms with E-state index in [0.29, 0.717) is 5.56 Å². The van der Waals surface area contributed by atoms with Crippen molar-refractivity contribution in [2.45, 2.75) is 58.7 Å². The van der Waals surface area contributed by atoms with Crippen LogP contribution in [0.25, 0.3) is 0 Å². The molecule has 22 heavy (non-hydrogen) atoms. The lowest BCUT2D eigenvalue weighted by Crippen LogP contribution is -2.41. The number of amides is 1. The fourth-order valence-electron chi connectivity index (χ4n) is 3.06. The summed E-state index contributed by atoms with van der Waals surface area (Å²) in [5, 5.41) is 7.50. The minimum atomic E-state index is -0.126. The van der Waals surface area contributed by atoms with Gasteiger partial charge in [0.25, 0.3) is 5.91 Å². The second-order valence-corrected chi connectivity index (χ2v) is 6.93. The molecule has 0 bridgehead atoms. The first-order chi connectivity index (χ1) is 10.4. The summed E-state index contributed by atoms with van der Waals surface area (Å²) in [5.41, 5.74) is 1.44. The first kappa shape index (κ1) is 14.8. The van der Waals surface area contributed by atoms with Crippen LogP contribution < -0.4 is 5.32 Å². The van der Waals surface area contributed by atoms with Gasteiger partial charge in [-0.15, -0.1) is 0 Å². The molecule has 1 atom stereocenters. The fraction of sp³-hybridized carbons (Fsp3) is 0.562. The second-order valence-electron chi connectivity index (χ2n) is 6.93. The van der Waals surface area contributed by atoms with Crippen molar-refractivity contribution in [1.82, 2.24) is 24.6 Å². The molecule has 3 rings (SSSR count). The van der Waals surface area contributed by atoms with Crippen LogP contribution >= 0.6 is 0 Å². The number of hydrogen-bond donors (Lipinski definition) is 1. The zero-order chi connectivity index (χ0) is 15.9. The molecule has 0 unspecified atom stereocenters. The molecule has 0 aromatic carbocycles. The monoisotopic (exact) mass is 301 g/mol. The van der Waals surface area contributed by atoms with Crippen LogP contribution in [-0.2, 0) is 18.5 Å². The Morgan fingerprint density at radius 3 is 2.86 bits per heavy atom. The third-order valence-electron chi connectivity index (χ3n) is 4.16. The highest BCUT2D eigenvalue weighted by atomic mass is 16.1. The number of aryl methyl sites for hydroxylation is 1. The molecule has 6 nitrogen and oxygen atoms in total. The Morgan fingerprint density at radius 1 is 1.41 bits per heavy atom. The molecule has 0 fully saturated rings. The third-order valence-corrected chi connectivity index (χ3v) is 4.16. The minimum Gasteiger partial charge on any atom is -0.347 e. The average molecular weight is 301 g/mol. The molecular weight excluding hydrogens is 278 g/mol. The minimum absolute atomic E-state index is 0.0402. The van der Waals surface area contributed by atoms with Crippen molar-refractivity contribution in [3.8, 4) is 0 Å². The van der Waals surface area contributed by atoms with Gasteiger partial charge in [0, 0.05) is 37.1 Å². The molecule has 3 heterocycles. The summed E-state index contributed by atoms with van der Waals surface area (Å²) in [6, 6.07) is 0.145. The normalized spacial score (nSPS) is 18.1. The van der Waals surface area contributed by atoms with Crippen LogP contribution in [0, 0.1) is 6.92 Å². The number of imidazole rings is 1.